The van der Waals surface area contributed by atoms with E-state index >= 15 is 0 Å². The van der Waals surface area contributed by atoms with Gasteiger partial charge >= 0.3 is 0 Å². The first-order valence-electron chi connectivity index (χ1n) is 10.6. The van der Waals surface area contributed by atoms with E-state index in [-0.39, 0.29) is 11.1 Å². The molecular weight excluding hydrogens is 410 g/mol. The first kappa shape index (κ1) is 21.5. The number of nitrogens with zero attached hydrogens (tertiary/aromatic N) is 3. The zero-order chi connectivity index (χ0) is 21.8. The molecule has 0 radical (unpaired) electrons. The third kappa shape index (κ3) is 5.11. The fourth-order valence-electron chi connectivity index (χ4n) is 3.77. The standard InChI is InChI=1S/C24H27N3O3S/c1-3-30-21-9-7-19(8-10-21)16-22-23(28)27(24(29)31-22)17-25-11-13-26(14-12-25)20-6-4-5-18(2)15-20/h4-10,15-16H,3,11-14,17H2,1-2H3/b22-16+. The molecule has 2 aromatic rings. The highest BCUT2D eigenvalue weighted by Gasteiger charge is 2.36. The van der Waals surface area contributed by atoms with E-state index in [1.807, 2.05) is 31.2 Å². The fraction of sp³-hybridized carbons (Fsp3) is 0.333. The van der Waals surface area contributed by atoms with Crippen molar-refractivity contribution in [1.82, 2.24) is 9.80 Å². The molecule has 7 heteroatoms. The predicted octanol–water partition coefficient (Wildman–Crippen LogP) is 4.21. The first-order chi connectivity index (χ1) is 15.0. The molecular formula is C24H27N3O3S. The summed E-state index contributed by atoms with van der Waals surface area (Å²) in [6.07, 6.45) is 1.77. The molecule has 0 aliphatic carbocycles. The zero-order valence-electron chi connectivity index (χ0n) is 17.9. The summed E-state index contributed by atoms with van der Waals surface area (Å²) in [7, 11) is 0. The van der Waals surface area contributed by atoms with Crippen LogP contribution < -0.4 is 9.64 Å². The van der Waals surface area contributed by atoms with E-state index in [4.69, 9.17) is 4.74 Å². The van der Waals surface area contributed by atoms with Gasteiger partial charge in [-0.25, -0.2) is 0 Å². The lowest BCUT2D eigenvalue weighted by atomic mass is 10.2. The lowest BCUT2D eigenvalue weighted by Crippen LogP contribution is -2.50. The summed E-state index contributed by atoms with van der Waals surface area (Å²) in [5.74, 6) is 0.572. The van der Waals surface area contributed by atoms with Crippen LogP contribution in [0.4, 0.5) is 10.5 Å². The average molecular weight is 438 g/mol. The van der Waals surface area contributed by atoms with Gasteiger partial charge < -0.3 is 9.64 Å². The maximum absolute atomic E-state index is 12.8. The van der Waals surface area contributed by atoms with Crippen LogP contribution in [-0.4, -0.2) is 60.4 Å². The molecule has 4 rings (SSSR count). The Hall–Kier alpha value is -2.77. The van der Waals surface area contributed by atoms with E-state index in [1.54, 1.807) is 6.08 Å². The summed E-state index contributed by atoms with van der Waals surface area (Å²) in [4.78, 5) is 31.7. The molecule has 0 aromatic heterocycles. The van der Waals surface area contributed by atoms with Gasteiger partial charge in [-0.15, -0.1) is 0 Å². The monoisotopic (exact) mass is 437 g/mol. The Morgan fingerprint density at radius 3 is 2.45 bits per heavy atom. The van der Waals surface area contributed by atoms with Crippen LogP contribution in [0, 0.1) is 6.92 Å². The number of amides is 2. The fourth-order valence-corrected chi connectivity index (χ4v) is 4.60. The highest BCUT2D eigenvalue weighted by molar-refractivity contribution is 8.18. The van der Waals surface area contributed by atoms with Gasteiger partial charge in [0.15, 0.2) is 0 Å². The van der Waals surface area contributed by atoms with Gasteiger partial charge in [-0.05, 0) is 67.1 Å². The van der Waals surface area contributed by atoms with Gasteiger partial charge in [-0.3, -0.25) is 19.4 Å². The number of hydrogen-bond donors (Lipinski definition) is 0. The molecule has 0 unspecified atom stereocenters. The molecule has 2 fully saturated rings. The highest BCUT2D eigenvalue weighted by Crippen LogP contribution is 2.32. The van der Waals surface area contributed by atoms with Gasteiger partial charge in [-0.1, -0.05) is 24.3 Å². The number of hydrogen-bond acceptors (Lipinski definition) is 6. The van der Waals surface area contributed by atoms with Gasteiger partial charge in [0.25, 0.3) is 11.1 Å². The van der Waals surface area contributed by atoms with E-state index in [0.29, 0.717) is 18.2 Å². The van der Waals surface area contributed by atoms with Gasteiger partial charge in [-0.2, -0.15) is 0 Å². The van der Waals surface area contributed by atoms with Crippen molar-refractivity contribution in [2.24, 2.45) is 0 Å². The molecule has 6 nitrogen and oxygen atoms in total. The average Bonchev–Trinajstić information content (AvgIpc) is 3.03. The van der Waals surface area contributed by atoms with Crippen LogP contribution in [0.2, 0.25) is 0 Å². The number of piperazine rings is 1. The number of anilines is 1. The lowest BCUT2D eigenvalue weighted by molar-refractivity contribution is -0.124. The number of carbonyl (C=O) groups is 2. The topological polar surface area (TPSA) is 53.1 Å². The minimum absolute atomic E-state index is 0.205. The maximum Gasteiger partial charge on any atom is 0.294 e. The van der Waals surface area contributed by atoms with Gasteiger partial charge in [0, 0.05) is 31.9 Å². The molecule has 162 valence electrons. The Morgan fingerprint density at radius 1 is 1.03 bits per heavy atom. The molecule has 2 aliphatic rings. The van der Waals surface area contributed by atoms with Crippen LogP contribution in [-0.2, 0) is 4.79 Å². The van der Waals surface area contributed by atoms with Crippen molar-refractivity contribution in [2.45, 2.75) is 13.8 Å². The summed E-state index contributed by atoms with van der Waals surface area (Å²) >= 11 is 1.01. The minimum atomic E-state index is -0.218. The molecule has 2 aliphatic heterocycles. The highest BCUT2D eigenvalue weighted by atomic mass is 32.2. The van der Waals surface area contributed by atoms with E-state index in [9.17, 15) is 9.59 Å². The molecule has 0 spiro atoms. The van der Waals surface area contributed by atoms with Crippen molar-refractivity contribution in [3.05, 3.63) is 64.6 Å². The minimum Gasteiger partial charge on any atom is -0.494 e. The largest absolute Gasteiger partial charge is 0.494 e. The molecule has 0 N–H and O–H groups in total. The molecule has 0 saturated carbocycles. The molecule has 0 atom stereocenters. The number of thioether (sulfide) groups is 1. The third-order valence-electron chi connectivity index (χ3n) is 5.44. The Bertz CT molecular complexity index is 982. The number of benzene rings is 2. The van der Waals surface area contributed by atoms with Crippen LogP contribution in [0.5, 0.6) is 5.75 Å². The van der Waals surface area contributed by atoms with Gasteiger partial charge in [0.1, 0.15) is 5.75 Å². The number of imide groups is 1. The van der Waals surface area contributed by atoms with Gasteiger partial charge in [0.2, 0.25) is 0 Å². The molecule has 0 bridgehead atoms. The lowest BCUT2D eigenvalue weighted by Gasteiger charge is -2.37. The summed E-state index contributed by atoms with van der Waals surface area (Å²) in [5.41, 5.74) is 3.35. The molecule has 2 aromatic carbocycles. The number of rotatable bonds is 6. The second-order valence-corrected chi connectivity index (χ2v) is 8.69. The number of carbonyl (C=O) groups excluding carboxylic acids is 2. The Morgan fingerprint density at radius 2 is 1.77 bits per heavy atom. The second kappa shape index (κ2) is 9.58. The summed E-state index contributed by atoms with van der Waals surface area (Å²) < 4.78 is 5.45. The first-order valence-corrected chi connectivity index (χ1v) is 11.4. The molecule has 2 amide bonds. The van der Waals surface area contributed by atoms with Crippen LogP contribution in [0.3, 0.4) is 0 Å². The third-order valence-corrected chi connectivity index (χ3v) is 6.35. The van der Waals surface area contributed by atoms with E-state index in [1.165, 1.54) is 16.2 Å². The predicted molar refractivity (Wildman–Crippen MR) is 125 cm³/mol. The zero-order valence-corrected chi connectivity index (χ0v) is 18.7. The van der Waals surface area contributed by atoms with Crippen LogP contribution in [0.1, 0.15) is 18.1 Å². The summed E-state index contributed by atoms with van der Waals surface area (Å²) in [5, 5.41) is -0.205. The summed E-state index contributed by atoms with van der Waals surface area (Å²) in [6.45, 7) is 8.36. The van der Waals surface area contributed by atoms with Crippen LogP contribution >= 0.6 is 11.8 Å². The van der Waals surface area contributed by atoms with E-state index in [2.05, 4.69) is 41.0 Å². The van der Waals surface area contributed by atoms with Crippen molar-refractivity contribution in [1.29, 1.82) is 0 Å². The SMILES string of the molecule is CCOc1ccc(/C=C2/SC(=O)N(CN3CCN(c4cccc(C)c4)CC3)C2=O)cc1. The molecule has 31 heavy (non-hydrogen) atoms. The van der Waals surface area contributed by atoms with Crippen molar-refractivity contribution < 1.29 is 14.3 Å². The van der Waals surface area contributed by atoms with E-state index < -0.39 is 0 Å². The smallest absolute Gasteiger partial charge is 0.294 e. The number of aryl methyl sites for hydroxylation is 1. The van der Waals surface area contributed by atoms with Crippen molar-refractivity contribution in [2.75, 3.05) is 44.4 Å². The van der Waals surface area contributed by atoms with Crippen molar-refractivity contribution >= 4 is 34.7 Å². The van der Waals surface area contributed by atoms with Gasteiger partial charge in [0.05, 0.1) is 18.2 Å². The maximum atomic E-state index is 12.8. The van der Waals surface area contributed by atoms with E-state index in [0.717, 1.165) is 49.3 Å². The van der Waals surface area contributed by atoms with Crippen LogP contribution in [0.25, 0.3) is 6.08 Å². The second-order valence-electron chi connectivity index (χ2n) is 7.70. The van der Waals surface area contributed by atoms with Crippen molar-refractivity contribution in [3.63, 3.8) is 0 Å². The quantitative estimate of drug-likeness (QED) is 0.631. The molecule has 2 heterocycles. The van der Waals surface area contributed by atoms with Crippen molar-refractivity contribution in [3.8, 4) is 5.75 Å². The Labute approximate surface area is 187 Å². The summed E-state index contributed by atoms with van der Waals surface area (Å²) in [6, 6.07) is 16.0. The van der Waals surface area contributed by atoms with Crippen LogP contribution in [0.15, 0.2) is 53.4 Å². The Balaban J connectivity index is 1.35. The number of ether oxygens (including phenoxy) is 1. The Kier molecular flexibility index (Phi) is 6.63. The normalized spacial score (nSPS) is 18.8. The molecule has 2 saturated heterocycles.